The number of hydrogen-bond donors (Lipinski definition) is 2. The van der Waals surface area contributed by atoms with Crippen LogP contribution in [0.1, 0.15) is 0 Å². The largest absolute Gasteiger partial charge is 2.00 e. The number of hydrogen-bond acceptors (Lipinski definition) is 2. The molecule has 0 atom stereocenters. The van der Waals surface area contributed by atoms with E-state index in [1.54, 1.807) is 9.80 Å². The molecule has 0 bridgehead atoms. The molecule has 0 aliphatic rings. The predicted molar refractivity (Wildman–Crippen MR) is 70.5 cm³/mol. The molecular formula is C6H14CdN2S4+2. The molecule has 72 valence electrons. The van der Waals surface area contributed by atoms with Crippen LogP contribution in [-0.4, -0.2) is 46.6 Å². The Morgan fingerprint density at radius 3 is 0.923 bits per heavy atom. The van der Waals surface area contributed by atoms with E-state index in [1.165, 1.54) is 0 Å². The van der Waals surface area contributed by atoms with E-state index in [1.807, 2.05) is 28.2 Å². The molecule has 0 rings (SSSR count). The van der Waals surface area contributed by atoms with Gasteiger partial charge in [-0.05, 0) is 0 Å². The van der Waals surface area contributed by atoms with Crippen LogP contribution in [0.4, 0.5) is 0 Å². The van der Waals surface area contributed by atoms with Crippen molar-refractivity contribution in [3.8, 4) is 0 Å². The number of rotatable bonds is 0. The molecule has 0 fully saturated rings. The molecule has 0 unspecified atom stereocenters. The molecular weight excluding hydrogens is 341 g/mol. The number of thiocarbonyl (C=S) groups is 2. The first-order valence-electron chi connectivity index (χ1n) is 3.09. The van der Waals surface area contributed by atoms with Crippen molar-refractivity contribution < 1.29 is 27.3 Å². The predicted octanol–water partition coefficient (Wildman–Crippen LogP) is 1.52. The van der Waals surface area contributed by atoms with Crippen molar-refractivity contribution in [3.63, 3.8) is 0 Å². The van der Waals surface area contributed by atoms with E-state index < -0.39 is 0 Å². The molecule has 0 amide bonds. The minimum absolute atomic E-state index is 0. The van der Waals surface area contributed by atoms with Crippen LogP contribution in [0.25, 0.3) is 0 Å². The van der Waals surface area contributed by atoms with Crippen LogP contribution in [0.15, 0.2) is 0 Å². The van der Waals surface area contributed by atoms with Crippen molar-refractivity contribution in [3.05, 3.63) is 0 Å². The third-order valence-electron chi connectivity index (χ3n) is 0.765. The van der Waals surface area contributed by atoms with Crippen LogP contribution in [0, 0.1) is 0 Å². The van der Waals surface area contributed by atoms with Crippen molar-refractivity contribution in [1.29, 1.82) is 0 Å². The summed E-state index contributed by atoms with van der Waals surface area (Å²) in [6.07, 6.45) is 0. The molecule has 0 aliphatic carbocycles. The van der Waals surface area contributed by atoms with E-state index in [0.29, 0.717) is 8.64 Å². The average Bonchev–Trinajstić information content (AvgIpc) is 1.88. The minimum atomic E-state index is 0. The second-order valence-corrected chi connectivity index (χ2v) is 4.58. The second kappa shape index (κ2) is 11.5. The van der Waals surface area contributed by atoms with Crippen LogP contribution in [-0.2, 0) is 27.3 Å². The zero-order valence-electron chi connectivity index (χ0n) is 8.31. The fourth-order valence-electron chi connectivity index (χ4n) is 0. The number of nitrogens with zero attached hydrogens (tertiary/aromatic N) is 2. The molecule has 0 N–H and O–H groups in total. The zero-order valence-corrected chi connectivity index (χ0v) is 15.8. The van der Waals surface area contributed by atoms with Crippen LogP contribution in [0.3, 0.4) is 0 Å². The van der Waals surface area contributed by atoms with Crippen molar-refractivity contribution in [2.45, 2.75) is 0 Å². The molecule has 13 heavy (non-hydrogen) atoms. The normalized spacial score (nSPS) is 7.23. The third kappa shape index (κ3) is 19.7. The second-order valence-electron chi connectivity index (χ2n) is 2.35. The summed E-state index contributed by atoms with van der Waals surface area (Å²) in [7, 11) is 7.43. The van der Waals surface area contributed by atoms with Gasteiger partial charge in [0.15, 0.2) is 0 Å². The molecule has 0 spiro atoms. The first-order valence-corrected chi connectivity index (χ1v) is 4.80. The molecule has 0 saturated heterocycles. The van der Waals surface area contributed by atoms with Gasteiger partial charge in [0.05, 0.1) is 0 Å². The summed E-state index contributed by atoms with van der Waals surface area (Å²) in [5.41, 5.74) is 0. The van der Waals surface area contributed by atoms with Crippen molar-refractivity contribution in [2.24, 2.45) is 0 Å². The van der Waals surface area contributed by atoms with E-state index in [2.05, 4.69) is 49.7 Å². The summed E-state index contributed by atoms with van der Waals surface area (Å²) >= 11 is 16.9. The van der Waals surface area contributed by atoms with E-state index in [-0.39, 0.29) is 27.3 Å². The fraction of sp³-hybridized carbons (Fsp3) is 0.667. The summed E-state index contributed by atoms with van der Waals surface area (Å²) in [5, 5.41) is 0. The van der Waals surface area contributed by atoms with Gasteiger partial charge in [0.2, 0.25) is 0 Å². The van der Waals surface area contributed by atoms with Gasteiger partial charge in [0.25, 0.3) is 0 Å². The first-order chi connectivity index (χ1) is 5.29. The Hall–Kier alpha value is 1.40. The summed E-state index contributed by atoms with van der Waals surface area (Å²) < 4.78 is 1.24. The molecule has 2 nitrogen and oxygen atoms in total. The average molecular weight is 355 g/mol. The van der Waals surface area contributed by atoms with Crippen LogP contribution >= 0.6 is 49.7 Å². The Kier molecular flexibility index (Phi) is 17.6. The fourth-order valence-corrected chi connectivity index (χ4v) is 0. The summed E-state index contributed by atoms with van der Waals surface area (Å²) in [6.45, 7) is 0. The van der Waals surface area contributed by atoms with Gasteiger partial charge in [-0.15, -0.1) is 25.3 Å². The van der Waals surface area contributed by atoms with Gasteiger partial charge < -0.3 is 9.80 Å². The molecule has 0 radical (unpaired) electrons. The Balaban J connectivity index is -0.000000143. The molecule has 0 heterocycles. The standard InChI is InChI=1S/2C3H7NS2.Cd/c2*1-4(2)3(5)6;/h2*1-2H3,(H,5,6);/q;;+2. The molecule has 0 aliphatic heterocycles. The maximum absolute atomic E-state index is 4.61. The summed E-state index contributed by atoms with van der Waals surface area (Å²) in [5.74, 6) is 0. The smallest absolute Gasteiger partial charge is 0.364 e. The van der Waals surface area contributed by atoms with Gasteiger partial charge in [-0.25, -0.2) is 0 Å². The molecule has 0 aromatic rings. The topological polar surface area (TPSA) is 6.48 Å². The third-order valence-corrected chi connectivity index (χ3v) is 2.30. The van der Waals surface area contributed by atoms with Gasteiger partial charge in [-0.2, -0.15) is 0 Å². The van der Waals surface area contributed by atoms with Gasteiger partial charge in [-0.3, -0.25) is 0 Å². The van der Waals surface area contributed by atoms with Gasteiger partial charge in [-0.1, -0.05) is 24.4 Å². The molecule has 0 aromatic carbocycles. The Morgan fingerprint density at radius 1 is 0.846 bits per heavy atom. The van der Waals surface area contributed by atoms with Crippen molar-refractivity contribution in [2.75, 3.05) is 28.2 Å². The van der Waals surface area contributed by atoms with Gasteiger partial charge in [0, 0.05) is 28.2 Å². The van der Waals surface area contributed by atoms with Crippen molar-refractivity contribution >= 4 is 58.3 Å². The van der Waals surface area contributed by atoms with Crippen LogP contribution in [0.2, 0.25) is 0 Å². The van der Waals surface area contributed by atoms with E-state index >= 15 is 0 Å². The minimum Gasteiger partial charge on any atom is -0.364 e. The van der Waals surface area contributed by atoms with Crippen LogP contribution in [0.5, 0.6) is 0 Å². The van der Waals surface area contributed by atoms with E-state index in [4.69, 9.17) is 0 Å². The summed E-state index contributed by atoms with van der Waals surface area (Å²) in [6, 6.07) is 0. The quantitative estimate of drug-likeness (QED) is 0.387. The number of thiol groups is 2. The maximum atomic E-state index is 4.61. The van der Waals surface area contributed by atoms with E-state index in [0.717, 1.165) is 0 Å². The zero-order chi connectivity index (χ0) is 10.3. The molecule has 7 heteroatoms. The van der Waals surface area contributed by atoms with Gasteiger partial charge >= 0.3 is 27.3 Å². The Bertz CT molecular complexity index is 143. The van der Waals surface area contributed by atoms with E-state index in [9.17, 15) is 0 Å². The maximum Gasteiger partial charge on any atom is 2.00 e. The molecule has 0 saturated carbocycles. The first kappa shape index (κ1) is 19.9. The Morgan fingerprint density at radius 2 is 0.923 bits per heavy atom. The SMILES string of the molecule is CN(C)C(=S)S.CN(C)C(=S)S.[Cd+2]. The van der Waals surface area contributed by atoms with Crippen LogP contribution < -0.4 is 0 Å². The molecule has 0 aromatic heterocycles. The summed E-state index contributed by atoms with van der Waals surface area (Å²) in [4.78, 5) is 3.52. The monoisotopic (exact) mass is 356 g/mol. The van der Waals surface area contributed by atoms with Gasteiger partial charge in [0.1, 0.15) is 8.64 Å². The Labute approximate surface area is 122 Å². The van der Waals surface area contributed by atoms with Crippen molar-refractivity contribution in [1.82, 2.24) is 9.80 Å².